The van der Waals surface area contributed by atoms with E-state index in [0.29, 0.717) is 60.1 Å². The van der Waals surface area contributed by atoms with Gasteiger partial charge < -0.3 is 19.5 Å². The summed E-state index contributed by atoms with van der Waals surface area (Å²) in [6.07, 6.45) is 4.54. The zero-order valence-corrected chi connectivity index (χ0v) is 20.1. The lowest BCUT2D eigenvalue weighted by Gasteiger charge is -2.36. The minimum absolute atomic E-state index is 0.0368. The Balaban J connectivity index is 1.40. The number of sulfone groups is 1. The van der Waals surface area contributed by atoms with Crippen molar-refractivity contribution in [1.82, 2.24) is 14.9 Å². The summed E-state index contributed by atoms with van der Waals surface area (Å²) in [5, 5.41) is 4.00. The highest BCUT2D eigenvalue weighted by Crippen LogP contribution is 2.40. The number of carbonyl (C=O) groups is 1. The van der Waals surface area contributed by atoms with E-state index in [1.807, 2.05) is 4.90 Å². The van der Waals surface area contributed by atoms with E-state index in [1.54, 1.807) is 11.8 Å². The van der Waals surface area contributed by atoms with E-state index in [0.717, 1.165) is 25.2 Å². The van der Waals surface area contributed by atoms with Gasteiger partial charge in [-0.2, -0.15) is 0 Å². The Bertz CT molecular complexity index is 1390. The van der Waals surface area contributed by atoms with Crippen LogP contribution in [0.2, 0.25) is 0 Å². The first kappa shape index (κ1) is 22.6. The van der Waals surface area contributed by atoms with Gasteiger partial charge in [-0.05, 0) is 44.9 Å². The van der Waals surface area contributed by atoms with Crippen LogP contribution in [-0.4, -0.2) is 67.2 Å². The highest BCUT2D eigenvalue weighted by atomic mass is 32.2. The predicted molar refractivity (Wildman–Crippen MR) is 125 cm³/mol. The molecule has 180 valence electrons. The quantitative estimate of drug-likeness (QED) is 0.585. The van der Waals surface area contributed by atoms with E-state index in [1.165, 1.54) is 18.5 Å². The second-order valence-corrected chi connectivity index (χ2v) is 11.3. The van der Waals surface area contributed by atoms with Crippen molar-refractivity contribution in [1.29, 1.82) is 0 Å². The Hall–Kier alpha value is -3.21. The maximum Gasteiger partial charge on any atom is 0.258 e. The third-order valence-corrected chi connectivity index (χ3v) is 7.65. The van der Waals surface area contributed by atoms with Crippen LogP contribution in [0, 0.1) is 12.7 Å². The Morgan fingerprint density at radius 2 is 1.88 bits per heavy atom. The van der Waals surface area contributed by atoms with Gasteiger partial charge in [0.25, 0.3) is 5.91 Å². The number of anilines is 2. The van der Waals surface area contributed by atoms with Crippen molar-refractivity contribution in [3.63, 3.8) is 0 Å². The molecule has 2 aliphatic rings. The van der Waals surface area contributed by atoms with E-state index in [9.17, 15) is 17.6 Å². The molecule has 1 saturated heterocycles. The molecule has 0 unspecified atom stereocenters. The highest BCUT2D eigenvalue weighted by molar-refractivity contribution is 7.90. The van der Waals surface area contributed by atoms with Crippen LogP contribution in [-0.2, 0) is 9.84 Å². The van der Waals surface area contributed by atoms with E-state index in [2.05, 4.69) is 22.2 Å². The second kappa shape index (κ2) is 7.93. The number of amides is 1. The Morgan fingerprint density at radius 3 is 2.53 bits per heavy atom. The topological polar surface area (TPSA) is 109 Å². The summed E-state index contributed by atoms with van der Waals surface area (Å²) >= 11 is 0. The molecule has 3 aromatic rings. The summed E-state index contributed by atoms with van der Waals surface area (Å²) in [7, 11) is -3.61. The van der Waals surface area contributed by atoms with Crippen molar-refractivity contribution in [3.8, 4) is 0 Å². The molecule has 1 saturated carbocycles. The molecule has 0 radical (unpaired) electrons. The number of furan rings is 1. The van der Waals surface area contributed by atoms with Crippen molar-refractivity contribution in [2.75, 3.05) is 42.7 Å². The van der Waals surface area contributed by atoms with Crippen molar-refractivity contribution in [2.24, 2.45) is 0 Å². The first-order chi connectivity index (χ1) is 16.1. The number of nitrogens with zero attached hydrogens (tertiary/aromatic N) is 4. The van der Waals surface area contributed by atoms with E-state index < -0.39 is 15.7 Å². The number of fused-ring (bicyclic) bond motifs is 1. The normalized spacial score (nSPS) is 17.8. The van der Waals surface area contributed by atoms with Crippen LogP contribution in [0.25, 0.3) is 11.1 Å². The van der Waals surface area contributed by atoms with E-state index in [4.69, 9.17) is 4.42 Å². The van der Waals surface area contributed by atoms with Crippen LogP contribution in [0.5, 0.6) is 0 Å². The number of carbonyl (C=O) groups excluding carboxylic acids is 1. The standard InChI is InChI=1S/C23H26FN5O4S/c1-14-18(19-20(27-23(2)6-7-23)25-13-26-21(19)33-14)22(30)29-10-8-28(9-11-29)16-5-4-15(24)12-17(16)34(3,31)32/h4-5,12-13H,6-11H2,1-3H3,(H,25,26,27). The summed E-state index contributed by atoms with van der Waals surface area (Å²) in [5.74, 6) is 0.280. The van der Waals surface area contributed by atoms with Crippen molar-refractivity contribution in [3.05, 3.63) is 41.7 Å². The average molecular weight is 488 g/mol. The number of piperazine rings is 1. The first-order valence-electron chi connectivity index (χ1n) is 11.1. The van der Waals surface area contributed by atoms with Gasteiger partial charge in [0.1, 0.15) is 23.7 Å². The third-order valence-electron chi connectivity index (χ3n) is 6.53. The highest BCUT2D eigenvalue weighted by Gasteiger charge is 2.39. The zero-order chi connectivity index (χ0) is 24.3. The van der Waals surface area contributed by atoms with Gasteiger partial charge in [-0.15, -0.1) is 0 Å². The summed E-state index contributed by atoms with van der Waals surface area (Å²) in [4.78, 5) is 25.7. The molecular weight excluding hydrogens is 461 g/mol. The molecule has 9 nitrogen and oxygen atoms in total. The summed E-state index contributed by atoms with van der Waals surface area (Å²) in [6.45, 7) is 5.42. The van der Waals surface area contributed by atoms with Gasteiger partial charge in [0.05, 0.1) is 21.5 Å². The fourth-order valence-electron chi connectivity index (χ4n) is 4.35. The molecule has 3 heterocycles. The summed E-state index contributed by atoms with van der Waals surface area (Å²) in [6, 6.07) is 3.76. The molecule has 1 aliphatic carbocycles. The minimum Gasteiger partial charge on any atom is -0.442 e. The molecule has 34 heavy (non-hydrogen) atoms. The van der Waals surface area contributed by atoms with Gasteiger partial charge in [0.2, 0.25) is 5.71 Å². The molecule has 1 N–H and O–H groups in total. The maximum absolute atomic E-state index is 13.7. The van der Waals surface area contributed by atoms with Crippen molar-refractivity contribution in [2.45, 2.75) is 37.1 Å². The van der Waals surface area contributed by atoms with Crippen LogP contribution in [0.4, 0.5) is 15.9 Å². The van der Waals surface area contributed by atoms with Gasteiger partial charge in [0, 0.05) is 38.0 Å². The molecule has 0 atom stereocenters. The van der Waals surface area contributed by atoms with E-state index >= 15 is 0 Å². The van der Waals surface area contributed by atoms with E-state index in [-0.39, 0.29) is 16.3 Å². The first-order valence-corrected chi connectivity index (χ1v) is 13.0. The SMILES string of the molecule is Cc1oc2ncnc(NC3(C)CC3)c2c1C(=O)N1CCN(c2ccc(F)cc2S(C)(=O)=O)CC1. The van der Waals surface area contributed by atoms with Gasteiger partial charge in [-0.25, -0.2) is 22.8 Å². The molecule has 1 aromatic carbocycles. The summed E-state index contributed by atoms with van der Waals surface area (Å²) < 4.78 is 43.9. The zero-order valence-electron chi connectivity index (χ0n) is 19.3. The molecule has 5 rings (SSSR count). The predicted octanol–water partition coefficient (Wildman–Crippen LogP) is 3.00. The molecule has 2 aromatic heterocycles. The molecule has 1 aliphatic heterocycles. The van der Waals surface area contributed by atoms with Crippen molar-refractivity contribution >= 4 is 38.3 Å². The molecule has 11 heteroatoms. The Labute approximate surface area is 196 Å². The molecule has 0 spiro atoms. The number of aromatic nitrogens is 2. The number of hydrogen-bond acceptors (Lipinski definition) is 8. The number of hydrogen-bond donors (Lipinski definition) is 1. The lowest BCUT2D eigenvalue weighted by atomic mass is 10.1. The summed E-state index contributed by atoms with van der Waals surface area (Å²) in [5.41, 5.74) is 1.21. The van der Waals surface area contributed by atoms with Gasteiger partial charge >= 0.3 is 0 Å². The lowest BCUT2D eigenvalue weighted by Crippen LogP contribution is -2.49. The smallest absolute Gasteiger partial charge is 0.258 e. The number of rotatable bonds is 5. The fourth-order valence-corrected chi connectivity index (χ4v) is 5.25. The number of aryl methyl sites for hydroxylation is 1. The van der Waals surface area contributed by atoms with Crippen LogP contribution in [0.1, 0.15) is 35.9 Å². The van der Waals surface area contributed by atoms with Crippen LogP contribution < -0.4 is 10.2 Å². The second-order valence-electron chi connectivity index (χ2n) is 9.28. The largest absolute Gasteiger partial charge is 0.442 e. The number of halogens is 1. The number of nitrogens with one attached hydrogen (secondary N) is 1. The van der Waals surface area contributed by atoms with Crippen LogP contribution >= 0.6 is 0 Å². The molecular formula is C23H26FN5O4S. The monoisotopic (exact) mass is 487 g/mol. The maximum atomic E-state index is 13.7. The van der Waals surface area contributed by atoms with Gasteiger partial charge in [-0.1, -0.05) is 0 Å². The molecule has 2 fully saturated rings. The Kier molecular flexibility index (Phi) is 5.27. The Morgan fingerprint density at radius 1 is 1.18 bits per heavy atom. The van der Waals surface area contributed by atoms with Crippen LogP contribution in [0.15, 0.2) is 33.8 Å². The fraction of sp³-hybridized carbons (Fsp3) is 0.435. The lowest BCUT2D eigenvalue weighted by molar-refractivity contribution is 0.0746. The van der Waals surface area contributed by atoms with Crippen LogP contribution in [0.3, 0.4) is 0 Å². The van der Waals surface area contributed by atoms with Gasteiger partial charge in [-0.3, -0.25) is 4.79 Å². The number of benzene rings is 1. The minimum atomic E-state index is -3.61. The average Bonchev–Trinajstić information content (AvgIpc) is 3.40. The third kappa shape index (κ3) is 4.08. The van der Waals surface area contributed by atoms with Crippen molar-refractivity contribution < 1.29 is 22.0 Å². The molecule has 0 bridgehead atoms. The molecule has 1 amide bonds. The van der Waals surface area contributed by atoms with Gasteiger partial charge in [0.15, 0.2) is 9.84 Å².